The van der Waals surface area contributed by atoms with Crippen molar-refractivity contribution in [2.75, 3.05) is 10.5 Å². The first-order valence-corrected chi connectivity index (χ1v) is 7.87. The quantitative estimate of drug-likeness (QED) is 0.372. The number of hydrogen-bond donors (Lipinski definition) is 2. The summed E-state index contributed by atoms with van der Waals surface area (Å²) in [6.45, 7) is 1.37. The van der Waals surface area contributed by atoms with E-state index in [1.807, 2.05) is 0 Å². The summed E-state index contributed by atoms with van der Waals surface area (Å²) in [7, 11) is -3.94. The minimum atomic E-state index is -3.94. The molecule has 0 fully saturated rings. The van der Waals surface area contributed by atoms with Gasteiger partial charge >= 0.3 is 0 Å². The van der Waals surface area contributed by atoms with Crippen molar-refractivity contribution in [1.29, 1.82) is 0 Å². The molecule has 0 atom stereocenters. The van der Waals surface area contributed by atoms with E-state index in [-0.39, 0.29) is 22.1 Å². The fraction of sp³-hybridized carbons (Fsp3) is 0.0714. The van der Waals surface area contributed by atoms with E-state index in [9.17, 15) is 23.3 Å². The number of anilines is 2. The smallest absolute Gasteiger partial charge is 0.294 e. The number of nitrogens with zero attached hydrogens (tertiary/aromatic N) is 1. The minimum absolute atomic E-state index is 0.0153. The average molecular weight is 335 g/mol. The highest BCUT2D eigenvalue weighted by molar-refractivity contribution is 7.92. The number of ketones is 1. The molecule has 0 aliphatic rings. The molecule has 0 aliphatic heterocycles. The topological polar surface area (TPSA) is 132 Å². The summed E-state index contributed by atoms with van der Waals surface area (Å²) in [6, 6.07) is 8.95. The van der Waals surface area contributed by atoms with Gasteiger partial charge < -0.3 is 5.73 Å². The van der Waals surface area contributed by atoms with Gasteiger partial charge in [-0.3, -0.25) is 19.6 Å². The molecular weight excluding hydrogens is 322 g/mol. The zero-order chi connectivity index (χ0) is 17.2. The summed E-state index contributed by atoms with van der Waals surface area (Å²) >= 11 is 0. The van der Waals surface area contributed by atoms with E-state index < -0.39 is 20.6 Å². The number of carbonyl (C=O) groups is 1. The summed E-state index contributed by atoms with van der Waals surface area (Å²) in [5, 5.41) is 10.8. The maximum Gasteiger partial charge on any atom is 0.294 e. The van der Waals surface area contributed by atoms with Gasteiger partial charge in [0.15, 0.2) is 5.78 Å². The molecule has 2 aromatic rings. The van der Waals surface area contributed by atoms with Crippen LogP contribution in [-0.2, 0) is 10.0 Å². The second kappa shape index (κ2) is 6.05. The fourth-order valence-electron chi connectivity index (χ4n) is 1.85. The third-order valence-corrected chi connectivity index (χ3v) is 4.45. The van der Waals surface area contributed by atoms with E-state index in [1.54, 1.807) is 0 Å². The number of nitrogen functional groups attached to an aromatic ring is 1. The second-order valence-electron chi connectivity index (χ2n) is 4.72. The van der Waals surface area contributed by atoms with Crippen molar-refractivity contribution in [2.24, 2.45) is 0 Å². The Hall–Kier alpha value is -2.94. The Balaban J connectivity index is 2.33. The van der Waals surface area contributed by atoms with E-state index >= 15 is 0 Å². The molecule has 0 radical (unpaired) electrons. The first kappa shape index (κ1) is 16.4. The molecule has 0 bridgehead atoms. The Morgan fingerprint density at radius 2 is 1.78 bits per heavy atom. The van der Waals surface area contributed by atoms with Crippen LogP contribution in [-0.4, -0.2) is 19.1 Å². The van der Waals surface area contributed by atoms with E-state index in [0.29, 0.717) is 5.56 Å². The Morgan fingerprint density at radius 1 is 1.17 bits per heavy atom. The van der Waals surface area contributed by atoms with Gasteiger partial charge in [-0.2, -0.15) is 0 Å². The predicted molar refractivity (Wildman–Crippen MR) is 84.8 cm³/mol. The van der Waals surface area contributed by atoms with Gasteiger partial charge in [-0.1, -0.05) is 12.1 Å². The van der Waals surface area contributed by atoms with E-state index in [0.717, 1.165) is 6.07 Å². The van der Waals surface area contributed by atoms with Crippen LogP contribution in [0.4, 0.5) is 17.1 Å². The van der Waals surface area contributed by atoms with E-state index in [2.05, 4.69) is 4.72 Å². The van der Waals surface area contributed by atoms with Crippen LogP contribution in [0.15, 0.2) is 47.4 Å². The molecule has 120 valence electrons. The van der Waals surface area contributed by atoms with Crippen molar-refractivity contribution < 1.29 is 18.1 Å². The van der Waals surface area contributed by atoms with Gasteiger partial charge in [0.2, 0.25) is 0 Å². The summed E-state index contributed by atoms with van der Waals surface area (Å²) in [5.41, 5.74) is 5.40. The van der Waals surface area contributed by atoms with Crippen molar-refractivity contribution >= 4 is 32.9 Å². The molecule has 0 saturated carbocycles. The number of nitro groups is 1. The van der Waals surface area contributed by atoms with Gasteiger partial charge in [-0.15, -0.1) is 0 Å². The standard InChI is InChI=1S/C14H13N3O5S/c1-9(18)10-2-5-12(6-3-10)23(21,22)16-11-4-7-13(15)14(8-11)17(19)20/h2-8,16H,15H2,1H3. The number of rotatable bonds is 5. The Kier molecular flexibility index (Phi) is 4.32. The number of benzene rings is 2. The summed E-state index contributed by atoms with van der Waals surface area (Å²) in [5.74, 6) is -0.184. The van der Waals surface area contributed by atoms with Crippen molar-refractivity contribution in [2.45, 2.75) is 11.8 Å². The highest BCUT2D eigenvalue weighted by atomic mass is 32.2. The van der Waals surface area contributed by atoms with Gasteiger partial charge in [0.25, 0.3) is 15.7 Å². The van der Waals surface area contributed by atoms with Crippen LogP contribution in [0, 0.1) is 10.1 Å². The van der Waals surface area contributed by atoms with Gasteiger partial charge in [0.05, 0.1) is 15.5 Å². The molecule has 2 aromatic carbocycles. The molecular formula is C14H13N3O5S. The maximum atomic E-state index is 12.3. The highest BCUT2D eigenvalue weighted by Crippen LogP contribution is 2.26. The molecule has 2 rings (SSSR count). The van der Waals surface area contributed by atoms with E-state index in [4.69, 9.17) is 5.73 Å². The normalized spacial score (nSPS) is 11.0. The molecule has 0 heterocycles. The third-order valence-electron chi connectivity index (χ3n) is 3.05. The molecule has 0 unspecified atom stereocenters. The molecule has 23 heavy (non-hydrogen) atoms. The number of carbonyl (C=O) groups excluding carboxylic acids is 1. The number of nitrogens with two attached hydrogens (primary N) is 1. The average Bonchev–Trinajstić information content (AvgIpc) is 2.48. The Bertz CT molecular complexity index is 876. The first-order valence-electron chi connectivity index (χ1n) is 6.38. The molecule has 0 aromatic heterocycles. The molecule has 0 amide bonds. The van der Waals surface area contributed by atoms with Gasteiger partial charge in [-0.25, -0.2) is 8.42 Å². The van der Waals surface area contributed by atoms with E-state index in [1.165, 1.54) is 43.3 Å². The van der Waals surface area contributed by atoms with Crippen LogP contribution in [0.3, 0.4) is 0 Å². The van der Waals surface area contributed by atoms with Crippen LogP contribution in [0.25, 0.3) is 0 Å². The molecule has 0 spiro atoms. The molecule has 0 aliphatic carbocycles. The highest BCUT2D eigenvalue weighted by Gasteiger charge is 2.18. The maximum absolute atomic E-state index is 12.3. The summed E-state index contributed by atoms with van der Waals surface area (Å²) in [6.07, 6.45) is 0. The summed E-state index contributed by atoms with van der Waals surface area (Å²) in [4.78, 5) is 21.2. The molecule has 9 heteroatoms. The minimum Gasteiger partial charge on any atom is -0.393 e. The Labute approximate surface area is 132 Å². The zero-order valence-electron chi connectivity index (χ0n) is 12.0. The number of sulfonamides is 1. The van der Waals surface area contributed by atoms with Crippen LogP contribution in [0.1, 0.15) is 17.3 Å². The second-order valence-corrected chi connectivity index (χ2v) is 6.40. The largest absolute Gasteiger partial charge is 0.393 e. The van der Waals surface area contributed by atoms with Crippen LogP contribution >= 0.6 is 0 Å². The summed E-state index contributed by atoms with van der Waals surface area (Å²) < 4.78 is 26.7. The predicted octanol–water partition coefficient (Wildman–Crippen LogP) is 2.18. The number of nitrogens with one attached hydrogen (secondary N) is 1. The lowest BCUT2D eigenvalue weighted by Gasteiger charge is -2.09. The van der Waals surface area contributed by atoms with Crippen molar-refractivity contribution in [3.8, 4) is 0 Å². The van der Waals surface area contributed by atoms with Crippen LogP contribution in [0.2, 0.25) is 0 Å². The number of nitro benzene ring substituents is 1. The van der Waals surface area contributed by atoms with Crippen molar-refractivity contribution in [3.63, 3.8) is 0 Å². The fourth-order valence-corrected chi connectivity index (χ4v) is 2.90. The molecule has 3 N–H and O–H groups in total. The number of hydrogen-bond acceptors (Lipinski definition) is 6. The van der Waals surface area contributed by atoms with Gasteiger partial charge in [0.1, 0.15) is 5.69 Å². The van der Waals surface area contributed by atoms with Crippen molar-refractivity contribution in [1.82, 2.24) is 0 Å². The lowest BCUT2D eigenvalue weighted by molar-refractivity contribution is -0.383. The molecule has 8 nitrogen and oxygen atoms in total. The van der Waals surface area contributed by atoms with Crippen molar-refractivity contribution in [3.05, 3.63) is 58.1 Å². The van der Waals surface area contributed by atoms with Crippen LogP contribution < -0.4 is 10.5 Å². The SMILES string of the molecule is CC(=O)c1ccc(S(=O)(=O)Nc2ccc(N)c([N+](=O)[O-])c2)cc1. The zero-order valence-corrected chi connectivity index (χ0v) is 12.8. The van der Waals surface area contributed by atoms with Gasteiger partial charge in [0, 0.05) is 11.6 Å². The third kappa shape index (κ3) is 3.64. The number of Topliss-reactive ketones (excluding diaryl/α,β-unsaturated/α-hetero) is 1. The monoisotopic (exact) mass is 335 g/mol. The molecule has 0 saturated heterocycles. The Morgan fingerprint density at radius 3 is 2.30 bits per heavy atom. The van der Waals surface area contributed by atoms with Crippen LogP contribution in [0.5, 0.6) is 0 Å². The first-order chi connectivity index (χ1) is 10.7. The van der Waals surface area contributed by atoms with Gasteiger partial charge in [-0.05, 0) is 31.2 Å². The lowest BCUT2D eigenvalue weighted by Crippen LogP contribution is -2.13. The lowest BCUT2D eigenvalue weighted by atomic mass is 10.2.